The Kier molecular flexibility index (Phi) is 6.04. The third kappa shape index (κ3) is 5.04. The third-order valence-electron chi connectivity index (χ3n) is 6.18. The van der Waals surface area contributed by atoms with Crippen LogP contribution in [0.5, 0.6) is 0 Å². The van der Waals surface area contributed by atoms with Crippen molar-refractivity contribution in [2.75, 3.05) is 5.32 Å². The minimum Gasteiger partial charge on any atom is -0.370 e. The van der Waals surface area contributed by atoms with Crippen LogP contribution in [0, 0.1) is 0 Å². The number of aromatic nitrogens is 3. The molecule has 1 saturated carbocycles. The lowest BCUT2D eigenvalue weighted by Gasteiger charge is -2.38. The van der Waals surface area contributed by atoms with Crippen molar-refractivity contribution >= 4 is 52.2 Å². The summed E-state index contributed by atoms with van der Waals surface area (Å²) >= 11 is 10.9. The van der Waals surface area contributed by atoms with Crippen LogP contribution < -0.4 is 10.6 Å². The van der Waals surface area contributed by atoms with Gasteiger partial charge < -0.3 is 10.6 Å². The molecule has 5 rings (SSSR count). The number of benzene rings is 1. The van der Waals surface area contributed by atoms with E-state index in [2.05, 4.69) is 20.7 Å². The first-order valence-corrected chi connectivity index (χ1v) is 11.9. The number of carbonyl (C=O) groups is 1. The average molecular weight is 520 g/mol. The molecule has 182 valence electrons. The Morgan fingerprint density at radius 3 is 2.63 bits per heavy atom. The molecule has 0 aliphatic heterocycles. The Morgan fingerprint density at radius 1 is 1.14 bits per heavy atom. The largest absolute Gasteiger partial charge is 0.433 e. The number of anilines is 1. The van der Waals surface area contributed by atoms with E-state index in [9.17, 15) is 18.0 Å². The number of hydrogen-bond acceptors (Lipinski definition) is 5. The highest BCUT2D eigenvalue weighted by molar-refractivity contribution is 7.82. The van der Waals surface area contributed by atoms with Crippen molar-refractivity contribution in [3.05, 3.63) is 71.1 Å². The Labute approximate surface area is 209 Å². The summed E-state index contributed by atoms with van der Waals surface area (Å²) in [5, 5.41) is 11.4. The van der Waals surface area contributed by atoms with E-state index in [1.54, 1.807) is 22.8 Å². The number of carbonyl (C=O) groups excluding carboxylic acids is 1. The highest BCUT2D eigenvalue weighted by Gasteiger charge is 2.36. The number of thiol groups is 1. The van der Waals surface area contributed by atoms with Crippen molar-refractivity contribution in [2.24, 2.45) is 0 Å². The summed E-state index contributed by atoms with van der Waals surface area (Å²) in [4.78, 5) is 15.7. The molecule has 1 fully saturated rings. The molecule has 1 aromatic carbocycles. The minimum absolute atomic E-state index is 0.0937. The van der Waals surface area contributed by atoms with E-state index in [-0.39, 0.29) is 23.2 Å². The van der Waals surface area contributed by atoms with E-state index < -0.39 is 16.7 Å². The first-order chi connectivity index (χ1) is 16.6. The van der Waals surface area contributed by atoms with Gasteiger partial charge in [-0.05, 0) is 68.1 Å². The quantitative estimate of drug-likeness (QED) is 0.230. The molecule has 1 aliphatic carbocycles. The Bertz CT molecular complexity index is 1380. The van der Waals surface area contributed by atoms with Gasteiger partial charge in [-0.3, -0.25) is 4.79 Å². The summed E-state index contributed by atoms with van der Waals surface area (Å²) in [6.07, 6.45) is -0.561. The lowest BCUT2D eigenvalue weighted by atomic mass is 9.90. The van der Waals surface area contributed by atoms with Crippen LogP contribution in [0.3, 0.4) is 0 Å². The van der Waals surface area contributed by atoms with Crippen molar-refractivity contribution in [3.63, 3.8) is 0 Å². The standard InChI is InChI=1S/C24H21ClF3N5OS/c25-14-4-5-18-17(11-14)19(13-21(30-18)24(26,27)28)31-23(35)8-6-15(7-9-23)29-22(34)20-12-16-3-1-2-10-33(16)32-20/h1-5,10-13,15,35H,6-9H2,(H,29,34)(H,30,31)/t15-,23-. The normalized spacial score (nSPS) is 20.8. The second-order valence-electron chi connectivity index (χ2n) is 8.72. The number of alkyl halides is 3. The van der Waals surface area contributed by atoms with Crippen LogP contribution in [-0.2, 0) is 6.18 Å². The van der Waals surface area contributed by atoms with E-state index in [4.69, 9.17) is 24.2 Å². The highest BCUT2D eigenvalue weighted by Crippen LogP contribution is 2.39. The van der Waals surface area contributed by atoms with Gasteiger partial charge in [-0.2, -0.15) is 30.9 Å². The number of nitrogens with zero attached hydrogens (tertiary/aromatic N) is 3. The van der Waals surface area contributed by atoms with Crippen LogP contribution in [0.15, 0.2) is 54.7 Å². The second kappa shape index (κ2) is 8.91. The van der Waals surface area contributed by atoms with E-state index in [0.29, 0.717) is 41.8 Å². The summed E-state index contributed by atoms with van der Waals surface area (Å²) in [6, 6.07) is 12.8. The fourth-order valence-electron chi connectivity index (χ4n) is 4.37. The van der Waals surface area contributed by atoms with Crippen molar-refractivity contribution in [3.8, 4) is 0 Å². The second-order valence-corrected chi connectivity index (χ2v) is 10.0. The number of hydrogen-bond donors (Lipinski definition) is 3. The molecule has 11 heteroatoms. The number of amides is 1. The smallest absolute Gasteiger partial charge is 0.370 e. The van der Waals surface area contributed by atoms with E-state index in [1.807, 2.05) is 18.2 Å². The van der Waals surface area contributed by atoms with Crippen LogP contribution in [0.4, 0.5) is 18.9 Å². The van der Waals surface area contributed by atoms with Gasteiger partial charge in [0.15, 0.2) is 5.69 Å². The number of nitrogens with one attached hydrogen (secondary N) is 2. The molecule has 0 spiro atoms. The van der Waals surface area contributed by atoms with Gasteiger partial charge in [-0.15, -0.1) is 0 Å². The maximum absolute atomic E-state index is 13.4. The molecule has 6 nitrogen and oxygen atoms in total. The SMILES string of the molecule is O=C(N[C@H]1CC[C@@](S)(Nc2cc(C(F)(F)F)nc3ccc(Cl)cc23)CC1)c1cc2ccccn2n1. The Hall–Kier alpha value is -2.98. The first-order valence-electron chi connectivity index (χ1n) is 11.0. The molecular weight excluding hydrogens is 499 g/mol. The van der Waals surface area contributed by atoms with Crippen LogP contribution in [0.2, 0.25) is 5.02 Å². The van der Waals surface area contributed by atoms with Crippen LogP contribution >= 0.6 is 24.2 Å². The number of halogens is 4. The topological polar surface area (TPSA) is 71.3 Å². The van der Waals surface area contributed by atoms with Crippen molar-refractivity contribution in [1.82, 2.24) is 19.9 Å². The molecular formula is C24H21ClF3N5OS. The van der Waals surface area contributed by atoms with Crippen LogP contribution in [0.25, 0.3) is 16.4 Å². The van der Waals surface area contributed by atoms with Gasteiger partial charge in [0.05, 0.1) is 15.9 Å². The third-order valence-corrected chi connectivity index (χ3v) is 6.97. The number of rotatable bonds is 4. The van der Waals surface area contributed by atoms with Gasteiger partial charge in [0, 0.05) is 28.3 Å². The van der Waals surface area contributed by atoms with E-state index in [1.165, 1.54) is 12.1 Å². The number of fused-ring (bicyclic) bond motifs is 2. The molecule has 1 aliphatic rings. The zero-order valence-corrected chi connectivity index (χ0v) is 20.0. The minimum atomic E-state index is -4.59. The average Bonchev–Trinajstić information content (AvgIpc) is 3.25. The Balaban J connectivity index is 1.30. The zero-order valence-electron chi connectivity index (χ0n) is 18.3. The summed E-state index contributed by atoms with van der Waals surface area (Å²) in [7, 11) is 0. The molecule has 0 unspecified atom stereocenters. The fourth-order valence-corrected chi connectivity index (χ4v) is 4.92. The molecule has 1 amide bonds. The van der Waals surface area contributed by atoms with Crippen molar-refractivity contribution in [2.45, 2.75) is 42.8 Å². The summed E-state index contributed by atoms with van der Waals surface area (Å²) in [6.45, 7) is 0. The molecule has 3 heterocycles. The lowest BCUT2D eigenvalue weighted by Crippen LogP contribution is -2.44. The summed E-state index contributed by atoms with van der Waals surface area (Å²) in [5.74, 6) is -0.261. The van der Waals surface area contributed by atoms with Crippen LogP contribution in [0.1, 0.15) is 41.9 Å². The lowest BCUT2D eigenvalue weighted by molar-refractivity contribution is -0.140. The monoisotopic (exact) mass is 519 g/mol. The van der Waals surface area contributed by atoms with Crippen molar-refractivity contribution < 1.29 is 18.0 Å². The molecule has 0 atom stereocenters. The maximum atomic E-state index is 13.4. The molecule has 3 aromatic heterocycles. The van der Waals surface area contributed by atoms with Gasteiger partial charge >= 0.3 is 6.18 Å². The molecule has 2 N–H and O–H groups in total. The summed E-state index contributed by atoms with van der Waals surface area (Å²) < 4.78 is 42.0. The van der Waals surface area contributed by atoms with Gasteiger partial charge in [-0.25, -0.2) is 9.50 Å². The van der Waals surface area contributed by atoms with Gasteiger partial charge in [0.25, 0.3) is 5.91 Å². The summed E-state index contributed by atoms with van der Waals surface area (Å²) in [5.41, 5.74) is 0.629. The molecule has 0 radical (unpaired) electrons. The van der Waals surface area contributed by atoms with E-state index >= 15 is 0 Å². The first kappa shape index (κ1) is 23.7. The predicted octanol–water partition coefficient (Wildman–Crippen LogP) is 5.97. The van der Waals surface area contributed by atoms with Crippen molar-refractivity contribution in [1.29, 1.82) is 0 Å². The highest BCUT2D eigenvalue weighted by atomic mass is 35.5. The van der Waals surface area contributed by atoms with Gasteiger partial charge in [-0.1, -0.05) is 17.7 Å². The van der Waals surface area contributed by atoms with Gasteiger partial charge in [0.1, 0.15) is 5.69 Å². The van der Waals surface area contributed by atoms with Gasteiger partial charge in [0.2, 0.25) is 0 Å². The molecule has 0 bridgehead atoms. The predicted molar refractivity (Wildman–Crippen MR) is 132 cm³/mol. The zero-order chi connectivity index (χ0) is 24.8. The maximum Gasteiger partial charge on any atom is 0.433 e. The Morgan fingerprint density at radius 2 is 1.91 bits per heavy atom. The molecule has 0 saturated heterocycles. The molecule has 35 heavy (non-hydrogen) atoms. The fraction of sp³-hybridized carbons (Fsp3) is 0.292. The van der Waals surface area contributed by atoms with Crippen LogP contribution in [-0.4, -0.2) is 31.4 Å². The van der Waals surface area contributed by atoms with E-state index in [0.717, 1.165) is 11.6 Å². The number of pyridine rings is 2. The molecule has 4 aromatic rings.